The summed E-state index contributed by atoms with van der Waals surface area (Å²) in [6.07, 6.45) is 3.27. The van der Waals surface area contributed by atoms with E-state index in [1.165, 1.54) is 13.2 Å². The third-order valence-corrected chi connectivity index (χ3v) is 2.40. The van der Waals surface area contributed by atoms with E-state index in [1.54, 1.807) is 30.6 Å². The lowest BCUT2D eigenvalue weighted by molar-refractivity contribution is 0.0601. The van der Waals surface area contributed by atoms with Crippen LogP contribution in [-0.2, 0) is 4.74 Å². The van der Waals surface area contributed by atoms with Crippen molar-refractivity contribution < 1.29 is 9.53 Å². The Kier molecular flexibility index (Phi) is 3.74. The minimum atomic E-state index is -0.481. The molecule has 0 radical (unpaired) electrons. The highest BCUT2D eigenvalue weighted by Crippen LogP contribution is 2.21. The number of aromatic nitrogens is 2. The van der Waals surface area contributed by atoms with Crippen LogP contribution in [0.4, 0.5) is 11.5 Å². The first-order chi connectivity index (χ1) is 8.70. The number of pyridine rings is 2. The summed E-state index contributed by atoms with van der Waals surface area (Å²) >= 11 is 5.81. The minimum absolute atomic E-state index is 0.286. The molecule has 0 saturated carbocycles. The van der Waals surface area contributed by atoms with Gasteiger partial charge in [-0.05, 0) is 24.3 Å². The van der Waals surface area contributed by atoms with Crippen LogP contribution < -0.4 is 5.32 Å². The predicted octanol–water partition coefficient (Wildman–Crippen LogP) is 2.66. The van der Waals surface area contributed by atoms with Gasteiger partial charge in [-0.15, -0.1) is 0 Å². The van der Waals surface area contributed by atoms with E-state index in [1.807, 2.05) is 0 Å². The monoisotopic (exact) mass is 263 g/mol. The topological polar surface area (TPSA) is 64.1 Å². The van der Waals surface area contributed by atoms with Crippen molar-refractivity contribution in [1.82, 2.24) is 9.97 Å². The highest BCUT2D eigenvalue weighted by Gasteiger charge is 2.13. The smallest absolute Gasteiger partial charge is 0.341 e. The quantitative estimate of drug-likeness (QED) is 0.681. The zero-order valence-corrected chi connectivity index (χ0v) is 10.3. The van der Waals surface area contributed by atoms with Crippen LogP contribution in [0.25, 0.3) is 0 Å². The number of nitrogens with one attached hydrogen (secondary N) is 1. The molecule has 5 nitrogen and oxygen atoms in total. The van der Waals surface area contributed by atoms with E-state index in [0.717, 1.165) is 0 Å². The third-order valence-electron chi connectivity index (χ3n) is 2.19. The number of ether oxygens (including phenoxy) is 1. The van der Waals surface area contributed by atoms with E-state index < -0.39 is 5.97 Å². The number of hydrogen-bond acceptors (Lipinski definition) is 5. The van der Waals surface area contributed by atoms with Gasteiger partial charge in [-0.3, -0.25) is 4.98 Å². The number of anilines is 2. The third kappa shape index (κ3) is 2.75. The zero-order chi connectivity index (χ0) is 13.0. The maximum absolute atomic E-state index is 11.6. The van der Waals surface area contributed by atoms with Crippen molar-refractivity contribution >= 4 is 29.1 Å². The summed E-state index contributed by atoms with van der Waals surface area (Å²) in [4.78, 5) is 19.6. The number of methoxy groups -OCH3 is 1. The molecule has 1 N–H and O–H groups in total. The molecular weight excluding hydrogens is 254 g/mol. The maximum atomic E-state index is 11.6. The van der Waals surface area contributed by atoms with Crippen molar-refractivity contribution in [3.63, 3.8) is 0 Å². The first-order valence-electron chi connectivity index (χ1n) is 5.12. The number of esters is 1. The van der Waals surface area contributed by atoms with E-state index in [-0.39, 0.29) is 5.15 Å². The molecule has 18 heavy (non-hydrogen) atoms. The van der Waals surface area contributed by atoms with Crippen LogP contribution in [0.1, 0.15) is 10.4 Å². The Bertz CT molecular complexity index is 561. The Morgan fingerprint density at radius 2 is 2.22 bits per heavy atom. The van der Waals surface area contributed by atoms with Crippen molar-refractivity contribution in [3.8, 4) is 0 Å². The Morgan fingerprint density at radius 1 is 1.39 bits per heavy atom. The zero-order valence-electron chi connectivity index (χ0n) is 9.55. The van der Waals surface area contributed by atoms with Gasteiger partial charge >= 0.3 is 5.97 Å². The van der Waals surface area contributed by atoms with E-state index in [9.17, 15) is 4.79 Å². The van der Waals surface area contributed by atoms with Gasteiger partial charge in [0.05, 0.1) is 19.0 Å². The second kappa shape index (κ2) is 5.46. The first-order valence-corrected chi connectivity index (χ1v) is 5.50. The minimum Gasteiger partial charge on any atom is -0.465 e. The molecule has 0 saturated heterocycles. The van der Waals surface area contributed by atoms with Crippen molar-refractivity contribution in [1.29, 1.82) is 0 Å². The molecule has 92 valence electrons. The van der Waals surface area contributed by atoms with E-state index in [0.29, 0.717) is 17.1 Å². The molecule has 2 heterocycles. The molecule has 0 aromatic carbocycles. The van der Waals surface area contributed by atoms with Crippen molar-refractivity contribution in [2.24, 2.45) is 0 Å². The summed E-state index contributed by atoms with van der Waals surface area (Å²) < 4.78 is 4.68. The molecule has 0 aliphatic carbocycles. The molecule has 0 aliphatic heterocycles. The van der Waals surface area contributed by atoms with Gasteiger partial charge < -0.3 is 10.1 Å². The lowest BCUT2D eigenvalue weighted by Crippen LogP contribution is -2.07. The Morgan fingerprint density at radius 3 is 2.89 bits per heavy atom. The average molecular weight is 264 g/mol. The lowest BCUT2D eigenvalue weighted by Gasteiger charge is -2.09. The summed E-state index contributed by atoms with van der Waals surface area (Å²) in [6, 6.07) is 6.66. The highest BCUT2D eigenvalue weighted by molar-refractivity contribution is 6.29. The van der Waals surface area contributed by atoms with Crippen LogP contribution in [-0.4, -0.2) is 23.0 Å². The summed E-state index contributed by atoms with van der Waals surface area (Å²) in [6.45, 7) is 0. The van der Waals surface area contributed by atoms with Gasteiger partial charge in [0.2, 0.25) is 0 Å². The molecule has 0 bridgehead atoms. The average Bonchev–Trinajstić information content (AvgIpc) is 2.39. The molecule has 6 heteroatoms. The van der Waals surface area contributed by atoms with Gasteiger partial charge in [-0.1, -0.05) is 11.6 Å². The molecule has 0 spiro atoms. The molecule has 2 rings (SSSR count). The Labute approximate surface area is 109 Å². The highest BCUT2D eigenvalue weighted by atomic mass is 35.5. The molecule has 0 aliphatic rings. The SMILES string of the molecule is COC(=O)c1ccc(Cl)nc1Nc1cccnc1. The fourth-order valence-corrected chi connectivity index (χ4v) is 1.53. The number of rotatable bonds is 3. The number of halogens is 1. The van der Waals surface area contributed by atoms with Crippen LogP contribution >= 0.6 is 11.6 Å². The molecular formula is C12H10ClN3O2. The summed E-state index contributed by atoms with van der Waals surface area (Å²) in [5.74, 6) is -0.145. The summed E-state index contributed by atoms with van der Waals surface area (Å²) in [5, 5.41) is 3.26. The van der Waals surface area contributed by atoms with Crippen LogP contribution in [0.3, 0.4) is 0 Å². The van der Waals surface area contributed by atoms with E-state index in [2.05, 4.69) is 20.0 Å². The predicted molar refractivity (Wildman–Crippen MR) is 68.1 cm³/mol. The maximum Gasteiger partial charge on any atom is 0.341 e. The first kappa shape index (κ1) is 12.3. The number of nitrogens with zero attached hydrogens (tertiary/aromatic N) is 2. The van der Waals surface area contributed by atoms with Gasteiger partial charge in [-0.25, -0.2) is 9.78 Å². The van der Waals surface area contributed by atoms with E-state index >= 15 is 0 Å². The second-order valence-electron chi connectivity index (χ2n) is 3.39. The summed E-state index contributed by atoms with van der Waals surface area (Å²) in [5.41, 5.74) is 1.02. The number of hydrogen-bond donors (Lipinski definition) is 1. The molecule has 2 aromatic heterocycles. The van der Waals surface area contributed by atoms with Gasteiger partial charge in [0.1, 0.15) is 16.5 Å². The fraction of sp³-hybridized carbons (Fsp3) is 0.0833. The Hall–Kier alpha value is -2.14. The van der Waals surface area contributed by atoms with Gasteiger partial charge in [0, 0.05) is 6.20 Å². The Balaban J connectivity index is 2.36. The van der Waals surface area contributed by atoms with Crippen molar-refractivity contribution in [3.05, 3.63) is 47.4 Å². The lowest BCUT2D eigenvalue weighted by atomic mass is 10.2. The van der Waals surface area contributed by atoms with Crippen LogP contribution in [0, 0.1) is 0 Å². The van der Waals surface area contributed by atoms with E-state index in [4.69, 9.17) is 11.6 Å². The number of carbonyl (C=O) groups is 1. The molecule has 2 aromatic rings. The normalized spacial score (nSPS) is 9.89. The molecule has 0 unspecified atom stereocenters. The summed E-state index contributed by atoms with van der Waals surface area (Å²) in [7, 11) is 1.31. The fourth-order valence-electron chi connectivity index (χ4n) is 1.38. The van der Waals surface area contributed by atoms with Crippen molar-refractivity contribution in [2.75, 3.05) is 12.4 Å². The number of carbonyl (C=O) groups excluding carboxylic acids is 1. The largest absolute Gasteiger partial charge is 0.465 e. The molecule has 0 atom stereocenters. The standard InChI is InChI=1S/C12H10ClN3O2/c1-18-12(17)9-4-5-10(13)16-11(9)15-8-3-2-6-14-7-8/h2-7H,1H3,(H,15,16). The van der Waals surface area contributed by atoms with Crippen molar-refractivity contribution in [2.45, 2.75) is 0 Å². The molecule has 0 amide bonds. The second-order valence-corrected chi connectivity index (χ2v) is 3.78. The molecule has 0 fully saturated rings. The van der Waals surface area contributed by atoms with Gasteiger partial charge in [0.15, 0.2) is 0 Å². The van der Waals surface area contributed by atoms with Gasteiger partial charge in [0.25, 0.3) is 0 Å². The van der Waals surface area contributed by atoms with Crippen LogP contribution in [0.15, 0.2) is 36.7 Å². The van der Waals surface area contributed by atoms with Crippen LogP contribution in [0.2, 0.25) is 5.15 Å². The van der Waals surface area contributed by atoms with Gasteiger partial charge in [-0.2, -0.15) is 0 Å². The van der Waals surface area contributed by atoms with Crippen LogP contribution in [0.5, 0.6) is 0 Å².